The van der Waals surface area contributed by atoms with Crippen LogP contribution in [0.4, 0.5) is 5.82 Å². The molecule has 1 N–H and O–H groups in total. The molecule has 1 amide bonds. The van der Waals surface area contributed by atoms with Gasteiger partial charge >= 0.3 is 0 Å². The second kappa shape index (κ2) is 5.33. The van der Waals surface area contributed by atoms with Crippen molar-refractivity contribution in [2.24, 2.45) is 0 Å². The van der Waals surface area contributed by atoms with E-state index in [1.165, 1.54) is 11.3 Å². The Labute approximate surface area is 144 Å². The maximum Gasteiger partial charge on any atom is 0.279 e. The molecule has 1 aliphatic rings. The molecule has 23 heavy (non-hydrogen) atoms. The lowest BCUT2D eigenvalue weighted by molar-refractivity contribution is -0.116. The number of carbonyl (C=O) groups is 1. The predicted octanol–water partition coefficient (Wildman–Crippen LogP) is 3.54. The molecule has 8 heteroatoms. The van der Waals surface area contributed by atoms with Crippen LogP contribution in [-0.4, -0.2) is 15.3 Å². The van der Waals surface area contributed by atoms with E-state index in [-0.39, 0.29) is 17.9 Å². The highest BCUT2D eigenvalue weighted by atomic mass is 35.5. The first kappa shape index (κ1) is 14.7. The Bertz CT molecular complexity index is 1010. The molecule has 1 atom stereocenters. The van der Waals surface area contributed by atoms with Crippen molar-refractivity contribution < 1.29 is 4.79 Å². The van der Waals surface area contributed by atoms with E-state index in [1.807, 2.05) is 5.38 Å². The predicted molar refractivity (Wildman–Crippen MR) is 90.9 cm³/mol. The molecule has 0 spiro atoms. The van der Waals surface area contributed by atoms with E-state index < -0.39 is 5.92 Å². The smallest absolute Gasteiger partial charge is 0.279 e. The molecule has 0 aliphatic carbocycles. The number of amides is 1. The molecule has 0 unspecified atom stereocenters. The lowest BCUT2D eigenvalue weighted by Crippen LogP contribution is -2.31. The normalized spacial score (nSPS) is 17.1. The lowest BCUT2D eigenvalue weighted by Gasteiger charge is -2.25. The summed E-state index contributed by atoms with van der Waals surface area (Å²) in [4.78, 5) is 29.3. The van der Waals surface area contributed by atoms with Gasteiger partial charge in [0.25, 0.3) is 5.56 Å². The Morgan fingerprint density at radius 3 is 2.87 bits per heavy atom. The summed E-state index contributed by atoms with van der Waals surface area (Å²) in [6, 6.07) is 5.14. The maximum atomic E-state index is 12.5. The topological polar surface area (TPSA) is 63.5 Å². The molecule has 3 aromatic rings. The van der Waals surface area contributed by atoms with E-state index in [1.54, 1.807) is 28.8 Å². The third kappa shape index (κ3) is 2.34. The number of anilines is 1. The second-order valence-corrected chi connectivity index (χ2v) is 6.90. The van der Waals surface area contributed by atoms with Gasteiger partial charge in [0.05, 0.1) is 15.6 Å². The van der Waals surface area contributed by atoms with Crippen LogP contribution in [0, 0.1) is 0 Å². The van der Waals surface area contributed by atoms with Crippen molar-refractivity contribution in [3.05, 3.63) is 61.3 Å². The number of nitrogens with zero attached hydrogens (tertiary/aromatic N) is 2. The Balaban J connectivity index is 1.99. The monoisotopic (exact) mass is 365 g/mol. The molecular formula is C15H9Cl2N3O2S. The number of hydrogen-bond donors (Lipinski definition) is 1. The minimum Gasteiger partial charge on any atom is -0.311 e. The highest BCUT2D eigenvalue weighted by Gasteiger charge is 2.31. The zero-order chi connectivity index (χ0) is 16.1. The van der Waals surface area contributed by atoms with Crippen LogP contribution in [0.1, 0.15) is 23.5 Å². The summed E-state index contributed by atoms with van der Waals surface area (Å²) in [5.41, 5.74) is 0.905. The van der Waals surface area contributed by atoms with Crippen LogP contribution in [0.5, 0.6) is 0 Å². The number of carbonyl (C=O) groups excluding carboxylic acids is 1. The number of rotatable bonds is 1. The number of benzene rings is 1. The first-order valence-corrected chi connectivity index (χ1v) is 8.42. The Morgan fingerprint density at radius 1 is 1.26 bits per heavy atom. The molecule has 0 radical (unpaired) electrons. The van der Waals surface area contributed by atoms with Crippen LogP contribution in [0.3, 0.4) is 0 Å². The lowest BCUT2D eigenvalue weighted by atomic mass is 9.87. The molecule has 0 bridgehead atoms. The third-order valence-corrected chi connectivity index (χ3v) is 5.35. The van der Waals surface area contributed by atoms with E-state index in [0.717, 1.165) is 5.56 Å². The fourth-order valence-electron chi connectivity index (χ4n) is 2.83. The SMILES string of the molecule is O=C1C[C@@H](c2ccc(Cl)c(Cl)c2)c2c(n3ccsc3nc2=O)N1. The van der Waals surface area contributed by atoms with Gasteiger partial charge in [-0.25, -0.2) is 0 Å². The summed E-state index contributed by atoms with van der Waals surface area (Å²) in [5.74, 6) is -0.0712. The molecule has 1 aromatic carbocycles. The fourth-order valence-corrected chi connectivity index (χ4v) is 3.84. The van der Waals surface area contributed by atoms with Crippen LogP contribution < -0.4 is 10.9 Å². The van der Waals surface area contributed by atoms with Crippen LogP contribution in [0.2, 0.25) is 10.0 Å². The summed E-state index contributed by atoms with van der Waals surface area (Å²) in [6.45, 7) is 0. The average Bonchev–Trinajstić information content (AvgIpc) is 2.97. The number of thiazole rings is 1. The Morgan fingerprint density at radius 2 is 2.09 bits per heavy atom. The van der Waals surface area contributed by atoms with Crippen molar-refractivity contribution in [1.82, 2.24) is 9.38 Å². The van der Waals surface area contributed by atoms with E-state index in [9.17, 15) is 9.59 Å². The quantitative estimate of drug-likeness (QED) is 0.717. The molecule has 0 fully saturated rings. The van der Waals surface area contributed by atoms with E-state index in [2.05, 4.69) is 10.3 Å². The zero-order valence-electron chi connectivity index (χ0n) is 11.5. The fraction of sp³-hybridized carbons (Fsp3) is 0.133. The Hall–Kier alpha value is -1.89. The van der Waals surface area contributed by atoms with Crippen molar-refractivity contribution >= 4 is 51.2 Å². The molecule has 1 aliphatic heterocycles. The third-order valence-electron chi connectivity index (χ3n) is 3.85. The molecule has 5 nitrogen and oxygen atoms in total. The van der Waals surface area contributed by atoms with Gasteiger partial charge in [0.1, 0.15) is 5.82 Å². The molecule has 0 saturated heterocycles. The van der Waals surface area contributed by atoms with Crippen molar-refractivity contribution in [2.75, 3.05) is 5.32 Å². The summed E-state index contributed by atoms with van der Waals surface area (Å²) in [7, 11) is 0. The van der Waals surface area contributed by atoms with Gasteiger partial charge in [-0.2, -0.15) is 4.98 Å². The highest BCUT2D eigenvalue weighted by Crippen LogP contribution is 2.37. The van der Waals surface area contributed by atoms with Crippen molar-refractivity contribution in [3.63, 3.8) is 0 Å². The van der Waals surface area contributed by atoms with Gasteiger partial charge in [0, 0.05) is 23.9 Å². The van der Waals surface area contributed by atoms with Crippen LogP contribution >= 0.6 is 34.5 Å². The molecular weight excluding hydrogens is 357 g/mol. The maximum absolute atomic E-state index is 12.5. The van der Waals surface area contributed by atoms with Crippen molar-refractivity contribution in [1.29, 1.82) is 0 Å². The molecule has 2 aromatic heterocycles. The first-order chi connectivity index (χ1) is 11.0. The number of halogens is 2. The van der Waals surface area contributed by atoms with E-state index >= 15 is 0 Å². The summed E-state index contributed by atoms with van der Waals surface area (Å²) in [5, 5.41) is 5.42. The number of aromatic nitrogens is 2. The Kier molecular flexibility index (Phi) is 3.41. The minimum absolute atomic E-state index is 0.154. The van der Waals surface area contributed by atoms with Crippen LogP contribution in [0.25, 0.3) is 4.96 Å². The number of nitrogens with one attached hydrogen (secondary N) is 1. The van der Waals surface area contributed by atoms with Crippen molar-refractivity contribution in [2.45, 2.75) is 12.3 Å². The zero-order valence-corrected chi connectivity index (χ0v) is 13.9. The molecule has 3 heterocycles. The molecule has 116 valence electrons. The van der Waals surface area contributed by atoms with Gasteiger partial charge in [-0.05, 0) is 17.7 Å². The standard InChI is InChI=1S/C15H9Cl2N3O2S/c16-9-2-1-7(5-10(9)17)8-6-11(21)18-13-12(8)14(22)19-15-20(13)3-4-23-15/h1-5,8H,6H2,(H,18,21)/t8-/m0/s1. The van der Waals surface area contributed by atoms with Gasteiger partial charge in [0.15, 0.2) is 4.96 Å². The van der Waals surface area contributed by atoms with Crippen LogP contribution in [-0.2, 0) is 4.79 Å². The largest absolute Gasteiger partial charge is 0.311 e. The average molecular weight is 366 g/mol. The van der Waals surface area contributed by atoms with E-state index in [0.29, 0.717) is 26.4 Å². The van der Waals surface area contributed by atoms with Gasteiger partial charge in [-0.15, -0.1) is 11.3 Å². The van der Waals surface area contributed by atoms with Crippen molar-refractivity contribution in [3.8, 4) is 0 Å². The first-order valence-electron chi connectivity index (χ1n) is 6.79. The van der Waals surface area contributed by atoms with Gasteiger partial charge in [-0.3, -0.25) is 14.0 Å². The van der Waals surface area contributed by atoms with Gasteiger partial charge < -0.3 is 5.32 Å². The second-order valence-electron chi connectivity index (χ2n) is 5.21. The number of fused-ring (bicyclic) bond motifs is 3. The van der Waals surface area contributed by atoms with E-state index in [4.69, 9.17) is 23.2 Å². The molecule has 4 rings (SSSR count). The number of hydrogen-bond acceptors (Lipinski definition) is 4. The highest BCUT2D eigenvalue weighted by molar-refractivity contribution is 7.15. The van der Waals surface area contributed by atoms with Gasteiger partial charge in [-0.1, -0.05) is 29.3 Å². The minimum atomic E-state index is -0.398. The molecule has 0 saturated carbocycles. The summed E-state index contributed by atoms with van der Waals surface area (Å²) in [6.07, 6.45) is 1.95. The van der Waals surface area contributed by atoms with Gasteiger partial charge in [0.2, 0.25) is 5.91 Å². The summed E-state index contributed by atoms with van der Waals surface area (Å²) < 4.78 is 1.73. The van der Waals surface area contributed by atoms with Crippen LogP contribution in [0.15, 0.2) is 34.6 Å². The summed E-state index contributed by atoms with van der Waals surface area (Å²) >= 11 is 13.4.